The van der Waals surface area contributed by atoms with Crippen LogP contribution in [0.1, 0.15) is 5.56 Å². The number of para-hydroxylation sites is 1. The summed E-state index contributed by atoms with van der Waals surface area (Å²) in [5.74, 6) is 0.656. The van der Waals surface area contributed by atoms with Gasteiger partial charge in [-0.3, -0.25) is 4.90 Å². The quantitative estimate of drug-likeness (QED) is 0.540. The van der Waals surface area contributed by atoms with Crippen molar-refractivity contribution in [1.29, 1.82) is 0 Å². The minimum Gasteiger partial charge on any atom is -0.457 e. The van der Waals surface area contributed by atoms with Crippen molar-refractivity contribution in [3.05, 3.63) is 84.4 Å². The van der Waals surface area contributed by atoms with Crippen molar-refractivity contribution in [2.75, 3.05) is 11.9 Å². The topological polar surface area (TPSA) is 38.8 Å². The number of carbonyl (C=O) groups is 1. The van der Waals surface area contributed by atoms with Gasteiger partial charge in [-0.25, -0.2) is 4.79 Å². The Bertz CT molecular complexity index is 941. The second kappa shape index (κ2) is 8.04. The third kappa shape index (κ3) is 4.82. The van der Waals surface area contributed by atoms with E-state index in [4.69, 9.17) is 9.47 Å². The Morgan fingerprint density at radius 3 is 2.11 bits per heavy atom. The number of anilines is 1. The van der Waals surface area contributed by atoms with Crippen LogP contribution in [0.25, 0.3) is 0 Å². The molecule has 3 rings (SSSR count). The summed E-state index contributed by atoms with van der Waals surface area (Å²) in [6.07, 6.45) is -5.01. The van der Waals surface area contributed by atoms with Gasteiger partial charge in [0.25, 0.3) is 0 Å². The summed E-state index contributed by atoms with van der Waals surface area (Å²) in [6.45, 7) is 0. The van der Waals surface area contributed by atoms with E-state index in [0.717, 1.165) is 12.1 Å². The minimum absolute atomic E-state index is 0.0587. The Balaban J connectivity index is 1.65. The molecule has 0 bridgehead atoms. The van der Waals surface area contributed by atoms with E-state index < -0.39 is 17.8 Å². The second-order valence-electron chi connectivity index (χ2n) is 5.86. The molecule has 4 nitrogen and oxygen atoms in total. The van der Waals surface area contributed by atoms with Gasteiger partial charge in [0, 0.05) is 12.7 Å². The van der Waals surface area contributed by atoms with Gasteiger partial charge >= 0.3 is 12.3 Å². The summed E-state index contributed by atoms with van der Waals surface area (Å²) >= 11 is 0. The molecular formula is C21H16F3NO3. The molecule has 1 amide bonds. The highest BCUT2D eigenvalue weighted by atomic mass is 19.4. The summed E-state index contributed by atoms with van der Waals surface area (Å²) in [5, 5.41) is 0. The predicted molar refractivity (Wildman–Crippen MR) is 98.8 cm³/mol. The molecule has 3 aromatic rings. The monoisotopic (exact) mass is 387 g/mol. The number of hydrogen-bond donors (Lipinski definition) is 0. The molecular weight excluding hydrogens is 371 g/mol. The Hall–Kier alpha value is -3.48. The normalized spacial score (nSPS) is 11.0. The lowest BCUT2D eigenvalue weighted by Crippen LogP contribution is -2.29. The maximum atomic E-state index is 12.8. The van der Waals surface area contributed by atoms with Crippen LogP contribution >= 0.6 is 0 Å². The summed E-state index contributed by atoms with van der Waals surface area (Å²) in [6, 6.07) is 19.6. The largest absolute Gasteiger partial charge is 0.457 e. The molecule has 28 heavy (non-hydrogen) atoms. The first kappa shape index (κ1) is 19.3. The second-order valence-corrected chi connectivity index (χ2v) is 5.86. The van der Waals surface area contributed by atoms with Gasteiger partial charge < -0.3 is 9.47 Å². The van der Waals surface area contributed by atoms with E-state index in [1.165, 1.54) is 41.3 Å². The molecule has 0 unspecified atom stereocenters. The Labute approximate surface area is 159 Å². The van der Waals surface area contributed by atoms with E-state index in [0.29, 0.717) is 11.4 Å². The Kier molecular flexibility index (Phi) is 5.54. The van der Waals surface area contributed by atoms with Crippen molar-refractivity contribution in [2.24, 2.45) is 0 Å². The van der Waals surface area contributed by atoms with E-state index >= 15 is 0 Å². The maximum Gasteiger partial charge on any atom is 0.419 e. The lowest BCUT2D eigenvalue weighted by atomic mass is 10.2. The molecule has 0 aliphatic rings. The lowest BCUT2D eigenvalue weighted by Gasteiger charge is -2.16. The van der Waals surface area contributed by atoms with Crippen molar-refractivity contribution >= 4 is 11.8 Å². The average molecular weight is 387 g/mol. The van der Waals surface area contributed by atoms with Gasteiger partial charge in [0.2, 0.25) is 0 Å². The summed E-state index contributed by atoms with van der Waals surface area (Å²) in [4.78, 5) is 13.5. The standard InChI is InChI=1S/C21H16F3NO3/c1-25(16-7-3-2-4-8-16)20(26)28-18-12-10-17(11-13-18)27-19-9-5-6-15(14-19)21(22,23)24/h2-14H,1H3. The number of hydrogen-bond acceptors (Lipinski definition) is 3. The number of halogens is 3. The molecule has 144 valence electrons. The highest BCUT2D eigenvalue weighted by Crippen LogP contribution is 2.33. The van der Waals surface area contributed by atoms with Gasteiger partial charge in [0.15, 0.2) is 0 Å². The number of nitrogens with zero attached hydrogens (tertiary/aromatic N) is 1. The van der Waals surface area contributed by atoms with Crippen LogP contribution in [0.2, 0.25) is 0 Å². The molecule has 0 aliphatic carbocycles. The Morgan fingerprint density at radius 2 is 1.46 bits per heavy atom. The van der Waals surface area contributed by atoms with Crippen LogP contribution in [0.15, 0.2) is 78.9 Å². The molecule has 0 fully saturated rings. The number of amides is 1. The van der Waals surface area contributed by atoms with Crippen molar-refractivity contribution < 1.29 is 27.4 Å². The lowest BCUT2D eigenvalue weighted by molar-refractivity contribution is -0.137. The van der Waals surface area contributed by atoms with Gasteiger partial charge in [0.1, 0.15) is 17.2 Å². The van der Waals surface area contributed by atoms with Crippen molar-refractivity contribution in [1.82, 2.24) is 0 Å². The minimum atomic E-state index is -4.44. The van der Waals surface area contributed by atoms with Crippen LogP contribution in [-0.2, 0) is 6.18 Å². The highest BCUT2D eigenvalue weighted by Gasteiger charge is 2.30. The molecule has 0 spiro atoms. The van der Waals surface area contributed by atoms with Gasteiger partial charge in [-0.05, 0) is 54.6 Å². The van der Waals surface area contributed by atoms with Crippen LogP contribution in [0, 0.1) is 0 Å². The molecule has 0 aromatic heterocycles. The van der Waals surface area contributed by atoms with Crippen molar-refractivity contribution in [3.63, 3.8) is 0 Å². The van der Waals surface area contributed by atoms with Gasteiger partial charge in [-0.1, -0.05) is 24.3 Å². The Morgan fingerprint density at radius 1 is 0.821 bits per heavy atom. The van der Waals surface area contributed by atoms with Crippen molar-refractivity contribution in [3.8, 4) is 17.2 Å². The zero-order chi connectivity index (χ0) is 20.1. The fraction of sp³-hybridized carbons (Fsp3) is 0.0952. The van der Waals surface area contributed by atoms with Gasteiger partial charge in [-0.15, -0.1) is 0 Å². The first-order chi connectivity index (χ1) is 13.3. The van der Waals surface area contributed by atoms with Crippen LogP contribution in [0.5, 0.6) is 17.2 Å². The SMILES string of the molecule is CN(C(=O)Oc1ccc(Oc2cccc(C(F)(F)F)c2)cc1)c1ccccc1. The molecule has 0 N–H and O–H groups in total. The zero-order valence-corrected chi connectivity index (χ0v) is 14.8. The molecule has 0 radical (unpaired) electrons. The molecule has 0 heterocycles. The number of benzene rings is 3. The molecule has 0 saturated heterocycles. The third-order valence-corrected chi connectivity index (χ3v) is 3.84. The summed E-state index contributed by atoms with van der Waals surface area (Å²) in [5.41, 5.74) is -0.114. The zero-order valence-electron chi connectivity index (χ0n) is 14.8. The number of ether oxygens (including phenoxy) is 2. The molecule has 7 heteroatoms. The summed E-state index contributed by atoms with van der Waals surface area (Å²) < 4.78 is 49.0. The molecule has 0 atom stereocenters. The van der Waals surface area contributed by atoms with E-state index in [1.807, 2.05) is 6.07 Å². The molecule has 0 aliphatic heterocycles. The molecule has 0 saturated carbocycles. The predicted octanol–water partition coefficient (Wildman–Crippen LogP) is 6.13. The van der Waals surface area contributed by atoms with Crippen molar-refractivity contribution in [2.45, 2.75) is 6.18 Å². The van der Waals surface area contributed by atoms with E-state index in [2.05, 4.69) is 0 Å². The van der Waals surface area contributed by atoms with Gasteiger partial charge in [0.05, 0.1) is 5.56 Å². The van der Waals surface area contributed by atoms with Crippen LogP contribution in [0.3, 0.4) is 0 Å². The summed E-state index contributed by atoms with van der Waals surface area (Å²) in [7, 11) is 1.59. The highest BCUT2D eigenvalue weighted by molar-refractivity contribution is 5.88. The fourth-order valence-electron chi connectivity index (χ4n) is 2.37. The third-order valence-electron chi connectivity index (χ3n) is 3.84. The van der Waals surface area contributed by atoms with Crippen LogP contribution in [-0.4, -0.2) is 13.1 Å². The van der Waals surface area contributed by atoms with E-state index in [9.17, 15) is 18.0 Å². The fourth-order valence-corrected chi connectivity index (χ4v) is 2.37. The van der Waals surface area contributed by atoms with E-state index in [1.54, 1.807) is 31.3 Å². The smallest absolute Gasteiger partial charge is 0.419 e. The average Bonchev–Trinajstić information content (AvgIpc) is 2.69. The van der Waals surface area contributed by atoms with Gasteiger partial charge in [-0.2, -0.15) is 13.2 Å². The number of alkyl halides is 3. The molecule has 3 aromatic carbocycles. The number of carbonyl (C=O) groups excluding carboxylic acids is 1. The van der Waals surface area contributed by atoms with Crippen LogP contribution < -0.4 is 14.4 Å². The first-order valence-corrected chi connectivity index (χ1v) is 8.29. The van der Waals surface area contributed by atoms with E-state index in [-0.39, 0.29) is 11.5 Å². The maximum absolute atomic E-state index is 12.8. The number of rotatable bonds is 4. The van der Waals surface area contributed by atoms with Crippen LogP contribution in [0.4, 0.5) is 23.7 Å². The first-order valence-electron chi connectivity index (χ1n) is 8.29.